The molecule has 0 heterocycles. The van der Waals surface area contributed by atoms with Crippen molar-refractivity contribution in [3.05, 3.63) is 17.7 Å². The van der Waals surface area contributed by atoms with Crippen LogP contribution in [0.4, 0.5) is 0 Å². The maximum atomic E-state index is 5.29. The second-order valence-electron chi connectivity index (χ2n) is 3.39. The van der Waals surface area contributed by atoms with E-state index in [1.54, 1.807) is 46.7 Å². The van der Waals surface area contributed by atoms with E-state index in [-0.39, 0.29) is 0 Å². The monoisotopic (exact) mass is 283 g/mol. The van der Waals surface area contributed by atoms with Crippen molar-refractivity contribution in [1.29, 1.82) is 0 Å². The van der Waals surface area contributed by atoms with Crippen LogP contribution >= 0.6 is 12.2 Å². The van der Waals surface area contributed by atoms with Crippen molar-refractivity contribution < 1.29 is 14.2 Å². The van der Waals surface area contributed by atoms with Crippen LogP contribution in [0.3, 0.4) is 0 Å². The van der Waals surface area contributed by atoms with Crippen molar-refractivity contribution in [3.63, 3.8) is 0 Å². The molecule has 1 aromatic rings. The van der Waals surface area contributed by atoms with Gasteiger partial charge in [-0.1, -0.05) is 0 Å². The average Bonchev–Trinajstić information content (AvgIpc) is 2.46. The second-order valence-corrected chi connectivity index (χ2v) is 3.80. The summed E-state index contributed by atoms with van der Waals surface area (Å²) in [5, 5.41) is 7.18. The van der Waals surface area contributed by atoms with Crippen molar-refractivity contribution in [2.24, 2.45) is 5.10 Å². The van der Waals surface area contributed by atoms with E-state index in [4.69, 9.17) is 26.4 Å². The molecule has 0 atom stereocenters. The first kappa shape index (κ1) is 15.0. The Hall–Kier alpha value is -2.02. The van der Waals surface area contributed by atoms with Gasteiger partial charge in [-0.05, 0) is 12.2 Å². The van der Waals surface area contributed by atoms with Gasteiger partial charge < -0.3 is 19.5 Å². The summed E-state index contributed by atoms with van der Waals surface area (Å²) < 4.78 is 15.7. The molecule has 0 unspecified atom stereocenters. The number of nitrogens with zero attached hydrogens (tertiary/aromatic N) is 1. The van der Waals surface area contributed by atoms with E-state index < -0.39 is 0 Å². The molecule has 0 amide bonds. The van der Waals surface area contributed by atoms with Crippen LogP contribution in [-0.2, 0) is 0 Å². The first-order valence-electron chi connectivity index (χ1n) is 5.47. The van der Waals surface area contributed by atoms with Gasteiger partial charge in [0.1, 0.15) is 17.2 Å². The van der Waals surface area contributed by atoms with Crippen LogP contribution in [0, 0.1) is 0 Å². The SMILES string of the molecule is CNC(=S)N/N=C/c1c(OC)cc(OC)cc1OC. The van der Waals surface area contributed by atoms with Gasteiger partial charge in [0.15, 0.2) is 5.11 Å². The summed E-state index contributed by atoms with van der Waals surface area (Å²) in [7, 11) is 6.42. The highest BCUT2D eigenvalue weighted by Gasteiger charge is 2.11. The van der Waals surface area contributed by atoms with Crippen LogP contribution in [0.2, 0.25) is 0 Å². The Morgan fingerprint density at radius 3 is 2.16 bits per heavy atom. The lowest BCUT2D eigenvalue weighted by Gasteiger charge is -2.12. The fourth-order valence-electron chi connectivity index (χ4n) is 1.37. The van der Waals surface area contributed by atoms with Crippen molar-refractivity contribution in [2.45, 2.75) is 0 Å². The Kier molecular flexibility index (Phi) is 5.87. The zero-order chi connectivity index (χ0) is 14.3. The summed E-state index contributed by atoms with van der Waals surface area (Å²) in [5.74, 6) is 1.83. The predicted octanol–water partition coefficient (Wildman–Crippen LogP) is 1.14. The van der Waals surface area contributed by atoms with Gasteiger partial charge in [0.05, 0.1) is 33.1 Å². The minimum atomic E-state index is 0.419. The molecule has 19 heavy (non-hydrogen) atoms. The molecule has 0 aliphatic heterocycles. The normalized spacial score (nSPS) is 10.1. The van der Waals surface area contributed by atoms with Crippen LogP contribution in [0.1, 0.15) is 5.56 Å². The molecule has 0 radical (unpaired) electrons. The van der Waals surface area contributed by atoms with E-state index in [1.807, 2.05) is 0 Å². The summed E-state index contributed by atoms with van der Waals surface area (Å²) >= 11 is 4.91. The molecule has 7 heteroatoms. The third-order valence-corrected chi connectivity index (χ3v) is 2.64. The van der Waals surface area contributed by atoms with Gasteiger partial charge in [-0.25, -0.2) is 0 Å². The minimum absolute atomic E-state index is 0.419. The van der Waals surface area contributed by atoms with Gasteiger partial charge in [-0.2, -0.15) is 5.10 Å². The zero-order valence-corrected chi connectivity index (χ0v) is 12.1. The third-order valence-electron chi connectivity index (χ3n) is 2.34. The van der Waals surface area contributed by atoms with Gasteiger partial charge in [0.2, 0.25) is 0 Å². The number of hydrogen-bond donors (Lipinski definition) is 2. The lowest BCUT2D eigenvalue weighted by Crippen LogP contribution is -2.28. The number of hydrazone groups is 1. The van der Waals surface area contributed by atoms with Crippen LogP contribution in [0.15, 0.2) is 17.2 Å². The minimum Gasteiger partial charge on any atom is -0.496 e. The zero-order valence-electron chi connectivity index (χ0n) is 11.3. The number of methoxy groups -OCH3 is 3. The van der Waals surface area contributed by atoms with E-state index >= 15 is 0 Å². The smallest absolute Gasteiger partial charge is 0.186 e. The number of ether oxygens (including phenoxy) is 3. The van der Waals surface area contributed by atoms with E-state index in [0.717, 1.165) is 0 Å². The quantitative estimate of drug-likeness (QED) is 0.480. The average molecular weight is 283 g/mol. The van der Waals surface area contributed by atoms with Crippen LogP contribution < -0.4 is 25.0 Å². The molecule has 0 bridgehead atoms. The van der Waals surface area contributed by atoms with Gasteiger partial charge in [0, 0.05) is 19.2 Å². The maximum Gasteiger partial charge on any atom is 0.186 e. The summed E-state index contributed by atoms with van der Waals surface area (Å²) in [5.41, 5.74) is 3.35. The first-order chi connectivity index (χ1) is 9.15. The van der Waals surface area contributed by atoms with Gasteiger partial charge in [-0.15, -0.1) is 0 Å². The molecule has 104 valence electrons. The molecule has 2 N–H and O–H groups in total. The number of benzene rings is 1. The highest BCUT2D eigenvalue weighted by molar-refractivity contribution is 7.80. The molecule has 1 rings (SSSR count). The molecule has 0 aliphatic carbocycles. The molecular weight excluding hydrogens is 266 g/mol. The Morgan fingerprint density at radius 2 is 1.74 bits per heavy atom. The largest absolute Gasteiger partial charge is 0.496 e. The Labute approximate surface area is 117 Å². The molecule has 0 fully saturated rings. The summed E-state index contributed by atoms with van der Waals surface area (Å²) in [6, 6.07) is 3.50. The fraction of sp³-hybridized carbons (Fsp3) is 0.333. The Bertz CT molecular complexity index is 452. The molecule has 0 saturated carbocycles. The lowest BCUT2D eigenvalue weighted by atomic mass is 10.2. The van der Waals surface area contributed by atoms with E-state index in [9.17, 15) is 0 Å². The van der Waals surface area contributed by atoms with E-state index in [1.165, 1.54) is 0 Å². The number of thiocarbonyl (C=S) groups is 1. The molecule has 6 nitrogen and oxygen atoms in total. The van der Waals surface area contributed by atoms with Gasteiger partial charge >= 0.3 is 0 Å². The summed E-state index contributed by atoms with van der Waals surface area (Å²) in [4.78, 5) is 0. The number of rotatable bonds is 5. The number of nitrogens with one attached hydrogen (secondary N) is 2. The highest BCUT2D eigenvalue weighted by atomic mass is 32.1. The Balaban J connectivity index is 3.06. The summed E-state index contributed by atoms with van der Waals surface area (Å²) in [6.45, 7) is 0. The van der Waals surface area contributed by atoms with Crippen LogP contribution in [0.5, 0.6) is 17.2 Å². The highest BCUT2D eigenvalue weighted by Crippen LogP contribution is 2.32. The Morgan fingerprint density at radius 1 is 1.16 bits per heavy atom. The third kappa shape index (κ3) is 3.99. The number of hydrogen-bond acceptors (Lipinski definition) is 5. The maximum absolute atomic E-state index is 5.29. The molecule has 0 spiro atoms. The van der Waals surface area contributed by atoms with Gasteiger partial charge in [0.25, 0.3) is 0 Å². The lowest BCUT2D eigenvalue weighted by molar-refractivity contribution is 0.374. The second kappa shape index (κ2) is 7.42. The van der Waals surface area contributed by atoms with Crippen molar-refractivity contribution in [1.82, 2.24) is 10.7 Å². The van der Waals surface area contributed by atoms with E-state index in [2.05, 4.69) is 15.8 Å². The molecular formula is C12H17N3O3S. The van der Waals surface area contributed by atoms with Gasteiger partial charge in [-0.3, -0.25) is 5.43 Å². The van der Waals surface area contributed by atoms with Crippen molar-refractivity contribution in [2.75, 3.05) is 28.4 Å². The molecule has 1 aromatic carbocycles. The molecule has 0 aliphatic rings. The van der Waals surface area contributed by atoms with E-state index in [0.29, 0.717) is 27.9 Å². The topological polar surface area (TPSA) is 64.1 Å². The van der Waals surface area contributed by atoms with Crippen LogP contribution in [-0.4, -0.2) is 39.7 Å². The summed E-state index contributed by atoms with van der Waals surface area (Å²) in [6.07, 6.45) is 1.57. The first-order valence-corrected chi connectivity index (χ1v) is 5.87. The predicted molar refractivity (Wildman–Crippen MR) is 78.5 cm³/mol. The van der Waals surface area contributed by atoms with Crippen molar-refractivity contribution in [3.8, 4) is 17.2 Å². The molecule has 0 saturated heterocycles. The fourth-order valence-corrected chi connectivity index (χ4v) is 1.42. The molecule has 0 aromatic heterocycles. The van der Waals surface area contributed by atoms with Crippen molar-refractivity contribution >= 4 is 23.5 Å². The standard InChI is InChI=1S/C12H17N3O3S/c1-13-12(19)15-14-7-9-10(17-3)5-8(16-2)6-11(9)18-4/h5-7H,1-4H3,(H2,13,15,19)/b14-7+. The van der Waals surface area contributed by atoms with Crippen LogP contribution in [0.25, 0.3) is 0 Å².